The Morgan fingerprint density at radius 3 is 2.65 bits per heavy atom. The van der Waals surface area contributed by atoms with Crippen LogP contribution in [0.3, 0.4) is 0 Å². The summed E-state index contributed by atoms with van der Waals surface area (Å²) in [6, 6.07) is 8.33. The van der Waals surface area contributed by atoms with Crippen LogP contribution in [0.25, 0.3) is 11.4 Å². The Hall–Kier alpha value is -3.14. The number of nitrogens with zero attached hydrogens (tertiary/aromatic N) is 3. The van der Waals surface area contributed by atoms with E-state index in [0.29, 0.717) is 24.0 Å². The van der Waals surface area contributed by atoms with E-state index in [1.165, 1.54) is 18.3 Å². The van der Waals surface area contributed by atoms with Gasteiger partial charge in [0.15, 0.2) is 0 Å². The highest BCUT2D eigenvalue weighted by Crippen LogP contribution is 2.42. The van der Waals surface area contributed by atoms with E-state index in [2.05, 4.69) is 25.2 Å². The molecule has 1 aromatic carbocycles. The molecule has 1 fully saturated rings. The molecule has 1 amide bonds. The smallest absolute Gasteiger partial charge is 0.406 e. The summed E-state index contributed by atoms with van der Waals surface area (Å²) in [7, 11) is 0. The number of benzene rings is 1. The number of ether oxygens (including phenoxy) is 1. The van der Waals surface area contributed by atoms with Crippen LogP contribution in [0.15, 0.2) is 53.3 Å². The molecule has 0 radical (unpaired) electrons. The van der Waals surface area contributed by atoms with Crippen LogP contribution in [-0.4, -0.2) is 32.8 Å². The van der Waals surface area contributed by atoms with Crippen molar-refractivity contribution >= 4 is 17.5 Å². The lowest BCUT2D eigenvalue weighted by Crippen LogP contribution is -2.49. The van der Waals surface area contributed by atoms with E-state index in [1.807, 2.05) is 0 Å². The molecule has 1 saturated carbocycles. The second-order valence-corrected chi connectivity index (χ2v) is 7.55. The summed E-state index contributed by atoms with van der Waals surface area (Å²) >= 11 is 6.56. The Kier molecular flexibility index (Phi) is 5.57. The Morgan fingerprint density at radius 2 is 2.03 bits per heavy atom. The Bertz CT molecular complexity index is 1060. The van der Waals surface area contributed by atoms with Gasteiger partial charge in [-0.05, 0) is 55.7 Å². The Labute approximate surface area is 179 Å². The number of amides is 1. The van der Waals surface area contributed by atoms with Crippen LogP contribution in [0.1, 0.15) is 35.5 Å². The summed E-state index contributed by atoms with van der Waals surface area (Å²) in [4.78, 5) is 21.1. The van der Waals surface area contributed by atoms with Crippen molar-refractivity contribution in [3.05, 3.63) is 60.2 Å². The normalized spacial score (nSPS) is 21.1. The van der Waals surface area contributed by atoms with Gasteiger partial charge in [0.25, 0.3) is 11.8 Å². The number of halogens is 4. The number of pyridine rings is 1. The zero-order valence-corrected chi connectivity index (χ0v) is 16.7. The van der Waals surface area contributed by atoms with Crippen molar-refractivity contribution in [1.82, 2.24) is 20.4 Å². The summed E-state index contributed by atoms with van der Waals surface area (Å²) in [5.41, 5.74) is -0.293. The van der Waals surface area contributed by atoms with Crippen molar-refractivity contribution in [3.63, 3.8) is 0 Å². The van der Waals surface area contributed by atoms with Gasteiger partial charge in [-0.3, -0.25) is 9.78 Å². The fourth-order valence-electron chi connectivity index (χ4n) is 3.50. The summed E-state index contributed by atoms with van der Waals surface area (Å²) < 4.78 is 46.3. The van der Waals surface area contributed by atoms with Gasteiger partial charge in [-0.25, -0.2) is 0 Å². The average molecular weight is 453 g/mol. The number of rotatable bonds is 5. The van der Waals surface area contributed by atoms with Crippen LogP contribution in [0, 0.1) is 0 Å². The predicted octanol–water partition coefficient (Wildman–Crippen LogP) is 4.45. The maximum atomic E-state index is 12.7. The van der Waals surface area contributed by atoms with Crippen molar-refractivity contribution in [2.24, 2.45) is 0 Å². The van der Waals surface area contributed by atoms with Gasteiger partial charge < -0.3 is 14.6 Å². The molecule has 0 spiro atoms. The topological polar surface area (TPSA) is 90.1 Å². The van der Waals surface area contributed by atoms with Crippen LogP contribution >= 0.6 is 11.6 Å². The molecule has 2 unspecified atom stereocenters. The molecule has 2 heterocycles. The summed E-state index contributed by atoms with van der Waals surface area (Å²) in [6.45, 7) is 0. The van der Waals surface area contributed by atoms with E-state index < -0.39 is 17.3 Å². The van der Waals surface area contributed by atoms with Gasteiger partial charge in [-0.15, -0.1) is 24.8 Å². The van der Waals surface area contributed by atoms with E-state index in [9.17, 15) is 18.0 Å². The van der Waals surface area contributed by atoms with Crippen molar-refractivity contribution in [2.45, 2.75) is 36.5 Å². The molecular weight excluding hydrogens is 437 g/mol. The molecule has 2 aromatic heterocycles. The fourth-order valence-corrected chi connectivity index (χ4v) is 3.91. The Morgan fingerprint density at radius 1 is 1.26 bits per heavy atom. The molecular formula is C20H16ClF3N4O3. The zero-order valence-electron chi connectivity index (χ0n) is 15.9. The van der Waals surface area contributed by atoms with Crippen LogP contribution in [0.2, 0.25) is 0 Å². The van der Waals surface area contributed by atoms with Gasteiger partial charge in [-0.1, -0.05) is 5.16 Å². The van der Waals surface area contributed by atoms with Crippen molar-refractivity contribution in [3.8, 4) is 17.1 Å². The Balaban J connectivity index is 1.59. The minimum Gasteiger partial charge on any atom is -0.406 e. The summed E-state index contributed by atoms with van der Waals surface area (Å²) in [5, 5.41) is 6.36. The number of hydrogen-bond acceptors (Lipinski definition) is 6. The van der Waals surface area contributed by atoms with Crippen molar-refractivity contribution in [1.29, 1.82) is 0 Å². The van der Waals surface area contributed by atoms with E-state index >= 15 is 0 Å². The van der Waals surface area contributed by atoms with Gasteiger partial charge >= 0.3 is 6.36 Å². The lowest BCUT2D eigenvalue weighted by atomic mass is 9.96. The molecule has 1 aliphatic rings. The lowest BCUT2D eigenvalue weighted by Gasteiger charge is -2.29. The van der Waals surface area contributed by atoms with Gasteiger partial charge in [-0.2, -0.15) is 4.98 Å². The number of nitrogens with one attached hydrogen (secondary N) is 1. The molecule has 3 aromatic rings. The highest BCUT2D eigenvalue weighted by atomic mass is 35.5. The van der Waals surface area contributed by atoms with Gasteiger partial charge in [0, 0.05) is 18.0 Å². The van der Waals surface area contributed by atoms with E-state index in [1.54, 1.807) is 18.3 Å². The van der Waals surface area contributed by atoms with Crippen molar-refractivity contribution in [2.75, 3.05) is 0 Å². The van der Waals surface area contributed by atoms with Crippen LogP contribution in [0.4, 0.5) is 13.2 Å². The quantitative estimate of drug-likeness (QED) is 0.575. The van der Waals surface area contributed by atoms with Crippen molar-refractivity contribution < 1.29 is 27.2 Å². The average Bonchev–Trinajstić information content (AvgIpc) is 3.36. The number of alkyl halides is 4. The molecule has 1 N–H and O–H groups in total. The third-order valence-corrected chi connectivity index (χ3v) is 5.57. The number of aromatic nitrogens is 3. The maximum Gasteiger partial charge on any atom is 0.573 e. The van der Waals surface area contributed by atoms with Crippen LogP contribution in [0.5, 0.6) is 5.75 Å². The predicted molar refractivity (Wildman–Crippen MR) is 103 cm³/mol. The molecule has 31 heavy (non-hydrogen) atoms. The molecule has 162 valence electrons. The number of carbonyl (C=O) groups excluding carboxylic acids is 1. The molecule has 0 bridgehead atoms. The molecule has 0 saturated heterocycles. The van der Waals surface area contributed by atoms with Gasteiger partial charge in [0.1, 0.15) is 11.3 Å². The van der Waals surface area contributed by atoms with E-state index in [0.717, 1.165) is 18.6 Å². The zero-order chi connectivity index (χ0) is 22.1. The van der Waals surface area contributed by atoms with Crippen LogP contribution < -0.4 is 10.1 Å². The van der Waals surface area contributed by atoms with Crippen LogP contribution in [-0.2, 0) is 5.54 Å². The third-order valence-electron chi connectivity index (χ3n) is 4.98. The highest BCUT2D eigenvalue weighted by Gasteiger charge is 2.49. The molecule has 0 aliphatic heterocycles. The molecule has 1 aliphatic carbocycles. The largest absolute Gasteiger partial charge is 0.573 e. The van der Waals surface area contributed by atoms with Gasteiger partial charge in [0.2, 0.25) is 5.82 Å². The number of carbonyl (C=O) groups is 1. The maximum absolute atomic E-state index is 12.7. The minimum absolute atomic E-state index is 0.132. The highest BCUT2D eigenvalue weighted by molar-refractivity contribution is 6.21. The first-order valence-corrected chi connectivity index (χ1v) is 9.77. The third kappa shape index (κ3) is 4.48. The second kappa shape index (κ2) is 8.18. The molecule has 11 heteroatoms. The lowest BCUT2D eigenvalue weighted by molar-refractivity contribution is -0.274. The summed E-state index contributed by atoms with van der Waals surface area (Å²) in [5.74, 6) is -0.460. The first kappa shape index (κ1) is 21.1. The van der Waals surface area contributed by atoms with E-state index in [-0.39, 0.29) is 23.4 Å². The minimum atomic E-state index is -4.78. The molecule has 7 nitrogen and oxygen atoms in total. The first-order chi connectivity index (χ1) is 14.8. The molecule has 4 rings (SSSR count). The first-order valence-electron chi connectivity index (χ1n) is 9.34. The monoisotopic (exact) mass is 452 g/mol. The summed E-state index contributed by atoms with van der Waals surface area (Å²) in [6.07, 6.45) is 0.0796. The standard InChI is InChI=1S/C20H16ClF3N4O3/c21-15-4-1-9-19(15,27-17(29)13-3-2-10-25-11-13)18-26-16(28-31-18)12-5-7-14(8-6-12)30-20(22,23)24/h2-3,5-8,10-11,15H,1,4,9H2,(H,27,29). The van der Waals surface area contributed by atoms with Gasteiger partial charge in [0.05, 0.1) is 10.9 Å². The second-order valence-electron chi connectivity index (χ2n) is 7.02. The molecule has 2 atom stereocenters. The SMILES string of the molecule is O=C(NC1(c2nc(-c3ccc(OC(F)(F)F)cc3)no2)CCCC1Cl)c1cccnc1. The number of hydrogen-bond donors (Lipinski definition) is 1. The fraction of sp³-hybridized carbons (Fsp3) is 0.300. The van der Waals surface area contributed by atoms with E-state index in [4.69, 9.17) is 16.1 Å².